The molecule has 2 aromatic carbocycles. The largest absolute Gasteiger partial charge is 0.329 e. The number of aromatic nitrogens is 2. The second-order valence-electron chi connectivity index (χ2n) is 6.26. The van der Waals surface area contributed by atoms with Crippen LogP contribution < -0.4 is 14.4 Å². The molecule has 0 spiro atoms. The second kappa shape index (κ2) is 4.38. The lowest BCUT2D eigenvalue weighted by Gasteiger charge is -2.19. The molecule has 2 aliphatic rings. The van der Waals surface area contributed by atoms with Gasteiger partial charge in [-0.25, -0.2) is 9.13 Å². The number of imidazole rings is 1. The fourth-order valence-corrected chi connectivity index (χ4v) is 3.94. The van der Waals surface area contributed by atoms with Gasteiger partial charge in [-0.3, -0.25) is 0 Å². The SMILES string of the molecule is CN1C2=Cc3n(c4ccccc4[n+]3C)CCN2c2ccccc21. The molecule has 23 heavy (non-hydrogen) atoms. The third-order valence-electron chi connectivity index (χ3n) is 5.11. The van der Waals surface area contributed by atoms with Gasteiger partial charge in [0.15, 0.2) is 11.0 Å². The summed E-state index contributed by atoms with van der Waals surface area (Å²) in [5.41, 5.74) is 5.18. The van der Waals surface area contributed by atoms with Crippen molar-refractivity contribution in [1.29, 1.82) is 0 Å². The molecule has 0 saturated carbocycles. The maximum Gasteiger partial charge on any atom is 0.285 e. The third kappa shape index (κ3) is 1.58. The minimum atomic E-state index is 0.985. The number of aryl methyl sites for hydroxylation is 1. The van der Waals surface area contributed by atoms with E-state index < -0.39 is 0 Å². The summed E-state index contributed by atoms with van der Waals surface area (Å²) in [7, 11) is 4.31. The number of hydrogen-bond donors (Lipinski definition) is 0. The summed E-state index contributed by atoms with van der Waals surface area (Å²) in [6.07, 6.45) is 2.31. The molecule has 0 saturated heterocycles. The predicted octanol–water partition coefficient (Wildman–Crippen LogP) is 2.73. The summed E-state index contributed by atoms with van der Waals surface area (Å²) >= 11 is 0. The van der Waals surface area contributed by atoms with Gasteiger partial charge in [-0.2, -0.15) is 0 Å². The molecular formula is C19H19N4+. The van der Waals surface area contributed by atoms with Crippen molar-refractivity contribution in [2.45, 2.75) is 6.54 Å². The molecule has 0 unspecified atom stereocenters. The second-order valence-corrected chi connectivity index (χ2v) is 6.26. The lowest BCUT2D eigenvalue weighted by Crippen LogP contribution is -2.31. The summed E-state index contributed by atoms with van der Waals surface area (Å²) in [6, 6.07) is 17.3. The average molecular weight is 303 g/mol. The molecule has 3 heterocycles. The number of fused-ring (bicyclic) bond motifs is 6. The predicted molar refractivity (Wildman–Crippen MR) is 93.3 cm³/mol. The first kappa shape index (κ1) is 12.8. The van der Waals surface area contributed by atoms with Crippen molar-refractivity contribution in [1.82, 2.24) is 4.57 Å². The van der Waals surface area contributed by atoms with Crippen molar-refractivity contribution in [3.05, 3.63) is 60.2 Å². The summed E-state index contributed by atoms with van der Waals surface area (Å²) in [5, 5.41) is 0. The molecule has 114 valence electrons. The fourth-order valence-electron chi connectivity index (χ4n) is 3.94. The van der Waals surface area contributed by atoms with Crippen LogP contribution in [-0.4, -0.2) is 18.2 Å². The molecule has 0 radical (unpaired) electrons. The molecule has 4 heteroatoms. The van der Waals surface area contributed by atoms with E-state index in [0.29, 0.717) is 0 Å². The molecule has 1 aromatic heterocycles. The highest BCUT2D eigenvalue weighted by atomic mass is 15.4. The van der Waals surface area contributed by atoms with E-state index in [-0.39, 0.29) is 0 Å². The highest BCUT2D eigenvalue weighted by molar-refractivity contribution is 5.85. The van der Waals surface area contributed by atoms with E-state index in [0.717, 1.165) is 13.1 Å². The van der Waals surface area contributed by atoms with E-state index in [4.69, 9.17) is 0 Å². The number of anilines is 2. The first-order valence-corrected chi connectivity index (χ1v) is 8.05. The van der Waals surface area contributed by atoms with Crippen molar-refractivity contribution in [3.8, 4) is 0 Å². The summed E-state index contributed by atoms with van der Waals surface area (Å²) < 4.78 is 4.72. The quantitative estimate of drug-likeness (QED) is 0.593. The summed E-state index contributed by atoms with van der Waals surface area (Å²) in [6.45, 7) is 1.97. The molecule has 0 atom stereocenters. The highest BCUT2D eigenvalue weighted by Crippen LogP contribution is 2.41. The standard InChI is InChI=1S/C19H19N4/c1-20-14-7-3-5-9-16(14)22-11-12-23-17-10-6-4-8-15(17)21(2)19(23)13-18(20)22/h3-10,13H,11-12H2,1-2H3/q+1. The lowest BCUT2D eigenvalue weighted by atomic mass is 10.2. The topological polar surface area (TPSA) is 15.3 Å². The number of hydrogen-bond acceptors (Lipinski definition) is 2. The molecule has 0 N–H and O–H groups in total. The Labute approximate surface area is 135 Å². The Morgan fingerprint density at radius 3 is 2.52 bits per heavy atom. The number of para-hydroxylation sites is 4. The number of nitrogens with zero attached hydrogens (tertiary/aromatic N) is 4. The molecule has 5 rings (SSSR count). The Kier molecular flexibility index (Phi) is 2.43. The average Bonchev–Trinajstić information content (AvgIpc) is 2.91. The van der Waals surface area contributed by atoms with Gasteiger partial charge in [-0.05, 0) is 24.3 Å². The molecule has 4 nitrogen and oxygen atoms in total. The Morgan fingerprint density at radius 2 is 1.65 bits per heavy atom. The van der Waals surface area contributed by atoms with Crippen molar-refractivity contribution in [3.63, 3.8) is 0 Å². The van der Waals surface area contributed by atoms with Crippen LogP contribution in [0.4, 0.5) is 11.4 Å². The molecule has 0 fully saturated rings. The van der Waals surface area contributed by atoms with E-state index in [1.54, 1.807) is 0 Å². The van der Waals surface area contributed by atoms with Crippen molar-refractivity contribution < 1.29 is 4.57 Å². The van der Waals surface area contributed by atoms with Crippen molar-refractivity contribution in [2.24, 2.45) is 7.05 Å². The zero-order chi connectivity index (χ0) is 15.6. The number of benzene rings is 2. The maximum atomic E-state index is 2.43. The van der Waals surface area contributed by atoms with Crippen LogP contribution in [0.25, 0.3) is 17.1 Å². The highest BCUT2D eigenvalue weighted by Gasteiger charge is 2.34. The number of rotatable bonds is 0. The zero-order valence-corrected chi connectivity index (χ0v) is 13.4. The van der Waals surface area contributed by atoms with Crippen LogP contribution in [-0.2, 0) is 13.6 Å². The zero-order valence-electron chi connectivity index (χ0n) is 13.4. The molecule has 3 aromatic rings. The minimum Gasteiger partial charge on any atom is -0.329 e. The molecule has 0 amide bonds. The smallest absolute Gasteiger partial charge is 0.285 e. The van der Waals surface area contributed by atoms with Gasteiger partial charge in [-0.1, -0.05) is 24.3 Å². The molecule has 0 aliphatic carbocycles. The molecular weight excluding hydrogens is 284 g/mol. The Balaban J connectivity index is 1.76. The minimum absolute atomic E-state index is 0.985. The van der Waals surface area contributed by atoms with Gasteiger partial charge < -0.3 is 9.80 Å². The van der Waals surface area contributed by atoms with Crippen LogP contribution in [0.1, 0.15) is 5.82 Å². The van der Waals surface area contributed by atoms with Crippen LogP contribution in [0, 0.1) is 0 Å². The maximum absolute atomic E-state index is 2.43. The van der Waals surface area contributed by atoms with Gasteiger partial charge in [0.2, 0.25) is 0 Å². The Hall–Kier alpha value is -2.75. The summed E-state index contributed by atoms with van der Waals surface area (Å²) in [5.74, 6) is 2.51. The van der Waals surface area contributed by atoms with Crippen molar-refractivity contribution in [2.75, 3.05) is 23.4 Å². The summed E-state index contributed by atoms with van der Waals surface area (Å²) in [4.78, 5) is 4.72. The van der Waals surface area contributed by atoms with Crippen LogP contribution in [0.2, 0.25) is 0 Å². The lowest BCUT2D eigenvalue weighted by molar-refractivity contribution is -0.647. The van der Waals surface area contributed by atoms with Gasteiger partial charge in [-0.15, -0.1) is 0 Å². The van der Waals surface area contributed by atoms with Gasteiger partial charge in [0.05, 0.1) is 31.0 Å². The Bertz CT molecular complexity index is 967. The van der Waals surface area contributed by atoms with Crippen LogP contribution in [0.15, 0.2) is 54.4 Å². The monoisotopic (exact) mass is 303 g/mol. The van der Waals surface area contributed by atoms with Gasteiger partial charge in [0.1, 0.15) is 12.4 Å². The van der Waals surface area contributed by atoms with Gasteiger partial charge in [0.25, 0.3) is 5.82 Å². The molecule has 0 bridgehead atoms. The molecule has 2 aliphatic heterocycles. The van der Waals surface area contributed by atoms with E-state index in [1.165, 1.54) is 34.1 Å². The van der Waals surface area contributed by atoms with Gasteiger partial charge in [0, 0.05) is 7.05 Å². The third-order valence-corrected chi connectivity index (χ3v) is 5.11. The Morgan fingerprint density at radius 1 is 0.913 bits per heavy atom. The first-order valence-electron chi connectivity index (χ1n) is 8.05. The van der Waals surface area contributed by atoms with Crippen LogP contribution in [0.5, 0.6) is 0 Å². The van der Waals surface area contributed by atoms with Crippen LogP contribution >= 0.6 is 0 Å². The van der Waals surface area contributed by atoms with E-state index in [9.17, 15) is 0 Å². The van der Waals surface area contributed by atoms with E-state index in [1.807, 2.05) is 0 Å². The first-order chi connectivity index (χ1) is 11.3. The van der Waals surface area contributed by atoms with E-state index in [2.05, 4.69) is 87.6 Å². The van der Waals surface area contributed by atoms with Gasteiger partial charge >= 0.3 is 0 Å². The van der Waals surface area contributed by atoms with Crippen molar-refractivity contribution >= 4 is 28.5 Å². The fraction of sp³-hybridized carbons (Fsp3) is 0.211. The van der Waals surface area contributed by atoms with E-state index >= 15 is 0 Å². The van der Waals surface area contributed by atoms with Crippen LogP contribution in [0.3, 0.4) is 0 Å². The normalized spacial score (nSPS) is 16.0.